The van der Waals surface area contributed by atoms with E-state index in [1.807, 2.05) is 12.3 Å². The number of likely N-dealkylation sites (N-methyl/N-ethyl adjacent to an activating group) is 1. The summed E-state index contributed by atoms with van der Waals surface area (Å²) in [6.45, 7) is 1.87. The van der Waals surface area contributed by atoms with Gasteiger partial charge in [0.05, 0.1) is 11.7 Å². The minimum Gasteiger partial charge on any atom is -0.492 e. The topological polar surface area (TPSA) is 70.2 Å². The zero-order valence-electron chi connectivity index (χ0n) is 22.7. The molecule has 1 aliphatic carbocycles. The third-order valence-corrected chi connectivity index (χ3v) is 7.25. The van der Waals surface area contributed by atoms with E-state index in [-0.39, 0.29) is 5.91 Å². The third-order valence-electron chi connectivity index (χ3n) is 7.25. The molecule has 200 valence electrons. The van der Waals surface area contributed by atoms with E-state index in [0.29, 0.717) is 25.6 Å². The predicted molar refractivity (Wildman–Crippen MR) is 158 cm³/mol. The Morgan fingerprint density at radius 2 is 1.79 bits per heavy atom. The normalized spacial score (nSPS) is 14.3. The van der Waals surface area contributed by atoms with Gasteiger partial charge in [0.25, 0.3) is 0 Å². The standard InChI is InChI=1S/C33H36N4O2/c1-37(2)31(38)12-7-19-34-20-21-39-29-16-13-26(14-17-29)33(27-15-18-30-28(22-27)23-35-36-30)32(25-10-6-11-25)24-8-4-3-5-9-24/h3-5,7-9,12-18,22-23,25,34H,6,10-11,19-21H2,1-2H3,(H,35,36)/b12-7+,33-32-. The van der Waals surface area contributed by atoms with E-state index in [9.17, 15) is 4.79 Å². The molecule has 0 bridgehead atoms. The number of aromatic amines is 1. The van der Waals surface area contributed by atoms with Gasteiger partial charge in [-0.2, -0.15) is 5.10 Å². The number of allylic oxidation sites excluding steroid dienone is 1. The van der Waals surface area contributed by atoms with Crippen molar-refractivity contribution in [1.82, 2.24) is 20.4 Å². The monoisotopic (exact) mass is 520 g/mol. The molecule has 3 aromatic carbocycles. The van der Waals surface area contributed by atoms with Crippen LogP contribution in [0.3, 0.4) is 0 Å². The van der Waals surface area contributed by atoms with Gasteiger partial charge in [-0.05, 0) is 70.9 Å². The highest BCUT2D eigenvalue weighted by Crippen LogP contribution is 2.45. The van der Waals surface area contributed by atoms with Crippen LogP contribution in [0.15, 0.2) is 91.1 Å². The van der Waals surface area contributed by atoms with E-state index in [1.54, 1.807) is 25.1 Å². The number of nitrogens with zero attached hydrogens (tertiary/aromatic N) is 2. The smallest absolute Gasteiger partial charge is 0.245 e. The number of hydrogen-bond donors (Lipinski definition) is 2. The molecule has 0 atom stereocenters. The van der Waals surface area contributed by atoms with Crippen molar-refractivity contribution in [2.24, 2.45) is 5.92 Å². The maximum Gasteiger partial charge on any atom is 0.245 e. The van der Waals surface area contributed by atoms with E-state index in [0.717, 1.165) is 16.7 Å². The lowest BCUT2D eigenvalue weighted by Crippen LogP contribution is -2.22. The molecule has 39 heavy (non-hydrogen) atoms. The molecule has 0 aliphatic heterocycles. The summed E-state index contributed by atoms with van der Waals surface area (Å²) < 4.78 is 5.99. The minimum atomic E-state index is -0.0148. The first-order valence-electron chi connectivity index (χ1n) is 13.6. The Balaban J connectivity index is 1.36. The van der Waals surface area contributed by atoms with Crippen LogP contribution in [-0.2, 0) is 4.79 Å². The number of carbonyl (C=O) groups excluding carboxylic acids is 1. The first-order chi connectivity index (χ1) is 19.1. The second-order valence-corrected chi connectivity index (χ2v) is 10.2. The lowest BCUT2D eigenvalue weighted by molar-refractivity contribution is -0.123. The second-order valence-electron chi connectivity index (χ2n) is 10.2. The average molecular weight is 521 g/mol. The van der Waals surface area contributed by atoms with E-state index in [2.05, 4.69) is 88.3 Å². The van der Waals surface area contributed by atoms with Gasteiger partial charge < -0.3 is 15.0 Å². The van der Waals surface area contributed by atoms with Crippen LogP contribution < -0.4 is 10.1 Å². The Morgan fingerprint density at radius 1 is 1.03 bits per heavy atom. The van der Waals surface area contributed by atoms with Gasteiger partial charge in [0, 0.05) is 38.6 Å². The van der Waals surface area contributed by atoms with Crippen LogP contribution in [0.5, 0.6) is 5.75 Å². The number of benzene rings is 3. The van der Waals surface area contributed by atoms with Crippen molar-refractivity contribution in [3.8, 4) is 5.75 Å². The van der Waals surface area contributed by atoms with Crippen LogP contribution >= 0.6 is 0 Å². The van der Waals surface area contributed by atoms with Gasteiger partial charge >= 0.3 is 0 Å². The summed E-state index contributed by atoms with van der Waals surface area (Å²) in [5, 5.41) is 11.7. The fourth-order valence-corrected chi connectivity index (χ4v) is 4.93. The number of fused-ring (bicyclic) bond motifs is 1. The first-order valence-corrected chi connectivity index (χ1v) is 13.6. The van der Waals surface area contributed by atoms with Crippen LogP contribution in [0.25, 0.3) is 22.0 Å². The lowest BCUT2D eigenvalue weighted by Gasteiger charge is -2.31. The molecule has 2 N–H and O–H groups in total. The Bertz CT molecular complexity index is 1450. The third kappa shape index (κ3) is 6.47. The molecule has 1 heterocycles. The SMILES string of the molecule is CN(C)C(=O)/C=C/CNCCOc1ccc(/C(=C(\c2ccccc2)C2CCC2)c2ccc3[nH]ncc3c2)cc1. The Labute approximate surface area is 230 Å². The Kier molecular flexibility index (Phi) is 8.54. The zero-order valence-corrected chi connectivity index (χ0v) is 22.7. The summed E-state index contributed by atoms with van der Waals surface area (Å²) in [5.74, 6) is 1.37. The molecule has 1 amide bonds. The molecular weight excluding hydrogens is 484 g/mol. The molecule has 5 rings (SSSR count). The molecule has 1 saturated carbocycles. The van der Waals surface area contributed by atoms with Gasteiger partial charge in [-0.15, -0.1) is 0 Å². The molecule has 6 heteroatoms. The summed E-state index contributed by atoms with van der Waals surface area (Å²) in [4.78, 5) is 13.1. The molecular formula is C33H36N4O2. The minimum absolute atomic E-state index is 0.0148. The van der Waals surface area contributed by atoms with Gasteiger partial charge in [-0.25, -0.2) is 0 Å². The van der Waals surface area contributed by atoms with Gasteiger partial charge in [0.1, 0.15) is 12.4 Å². The van der Waals surface area contributed by atoms with Crippen molar-refractivity contribution in [3.63, 3.8) is 0 Å². The van der Waals surface area contributed by atoms with E-state index >= 15 is 0 Å². The lowest BCUT2D eigenvalue weighted by atomic mass is 9.73. The number of nitrogens with one attached hydrogen (secondary N) is 2. The molecule has 0 saturated heterocycles. The summed E-state index contributed by atoms with van der Waals surface area (Å²) in [6.07, 6.45) is 9.01. The molecule has 1 fully saturated rings. The Hall–Kier alpha value is -4.16. The number of carbonyl (C=O) groups is 1. The molecule has 0 radical (unpaired) electrons. The number of rotatable bonds is 11. The first kappa shape index (κ1) is 26.4. The summed E-state index contributed by atoms with van der Waals surface area (Å²) in [5.41, 5.74) is 7.42. The van der Waals surface area contributed by atoms with Gasteiger partial charge in [-0.3, -0.25) is 9.89 Å². The fraction of sp³-hybridized carbons (Fsp3) is 0.273. The highest BCUT2D eigenvalue weighted by molar-refractivity contribution is 6.01. The highest BCUT2D eigenvalue weighted by atomic mass is 16.5. The predicted octanol–water partition coefficient (Wildman–Crippen LogP) is 5.93. The highest BCUT2D eigenvalue weighted by Gasteiger charge is 2.27. The molecule has 6 nitrogen and oxygen atoms in total. The number of H-pyrrole nitrogens is 1. The molecule has 1 aliphatic rings. The van der Waals surface area contributed by atoms with Gasteiger partial charge in [0.15, 0.2) is 0 Å². The average Bonchev–Trinajstić information content (AvgIpc) is 3.40. The molecule has 0 unspecified atom stereocenters. The van der Waals surface area contributed by atoms with Gasteiger partial charge in [-0.1, -0.05) is 61.0 Å². The van der Waals surface area contributed by atoms with E-state index in [1.165, 1.54) is 47.1 Å². The van der Waals surface area contributed by atoms with Crippen LogP contribution in [0.1, 0.15) is 36.0 Å². The largest absolute Gasteiger partial charge is 0.492 e. The zero-order chi connectivity index (χ0) is 27.0. The van der Waals surface area contributed by atoms with Crippen molar-refractivity contribution in [2.75, 3.05) is 33.8 Å². The van der Waals surface area contributed by atoms with Crippen molar-refractivity contribution in [3.05, 3.63) is 108 Å². The molecule has 1 aromatic heterocycles. The fourth-order valence-electron chi connectivity index (χ4n) is 4.93. The second kappa shape index (κ2) is 12.6. The van der Waals surface area contributed by atoms with Crippen molar-refractivity contribution < 1.29 is 9.53 Å². The molecule has 4 aromatic rings. The van der Waals surface area contributed by atoms with E-state index < -0.39 is 0 Å². The summed E-state index contributed by atoms with van der Waals surface area (Å²) in [7, 11) is 3.48. The number of ether oxygens (including phenoxy) is 1. The quantitative estimate of drug-likeness (QED) is 0.146. The summed E-state index contributed by atoms with van der Waals surface area (Å²) in [6, 6.07) is 25.9. The van der Waals surface area contributed by atoms with Crippen molar-refractivity contribution in [2.45, 2.75) is 19.3 Å². The van der Waals surface area contributed by atoms with Crippen molar-refractivity contribution >= 4 is 28.0 Å². The van der Waals surface area contributed by atoms with Crippen molar-refractivity contribution in [1.29, 1.82) is 0 Å². The van der Waals surface area contributed by atoms with Crippen LogP contribution in [0.4, 0.5) is 0 Å². The number of aromatic nitrogens is 2. The van der Waals surface area contributed by atoms with E-state index in [4.69, 9.17) is 4.74 Å². The van der Waals surface area contributed by atoms with Crippen LogP contribution in [0, 0.1) is 5.92 Å². The maximum atomic E-state index is 11.6. The number of hydrogen-bond acceptors (Lipinski definition) is 4. The molecule has 0 spiro atoms. The summed E-state index contributed by atoms with van der Waals surface area (Å²) >= 11 is 0. The van der Waals surface area contributed by atoms with Gasteiger partial charge in [0.2, 0.25) is 5.91 Å². The Morgan fingerprint density at radius 3 is 2.51 bits per heavy atom. The maximum absolute atomic E-state index is 11.6. The number of amides is 1. The van der Waals surface area contributed by atoms with Crippen LogP contribution in [0.2, 0.25) is 0 Å². The van der Waals surface area contributed by atoms with Crippen LogP contribution in [-0.4, -0.2) is 54.8 Å².